The quantitative estimate of drug-likeness (QED) is 0.455. The van der Waals surface area contributed by atoms with E-state index < -0.39 is 14.9 Å². The Kier molecular flexibility index (Phi) is 3.87. The first kappa shape index (κ1) is 13.7. The normalized spacial score (nSPS) is 16.9. The van der Waals surface area contributed by atoms with E-state index in [2.05, 4.69) is 0 Å². The van der Waals surface area contributed by atoms with E-state index in [4.69, 9.17) is 0 Å². The van der Waals surface area contributed by atoms with Crippen LogP contribution in [0.3, 0.4) is 0 Å². The minimum atomic E-state index is -3.75. The van der Waals surface area contributed by atoms with Gasteiger partial charge in [0.15, 0.2) is 4.90 Å². The van der Waals surface area contributed by atoms with Crippen molar-refractivity contribution in [3.63, 3.8) is 0 Å². The van der Waals surface area contributed by atoms with Crippen molar-refractivity contribution in [3.8, 4) is 0 Å². The van der Waals surface area contributed by atoms with Crippen LogP contribution in [0.5, 0.6) is 0 Å². The molecule has 0 atom stereocenters. The van der Waals surface area contributed by atoms with Crippen LogP contribution in [0.4, 0.5) is 5.69 Å². The predicted molar refractivity (Wildman–Crippen MR) is 73.8 cm³/mol. The lowest BCUT2D eigenvalue weighted by Crippen LogP contribution is -2.28. The molecule has 1 aliphatic heterocycles. The van der Waals surface area contributed by atoms with Crippen LogP contribution in [0, 0.1) is 13.7 Å². The third-order valence-electron chi connectivity index (χ3n) is 2.82. The molecule has 6 nitrogen and oxygen atoms in total. The van der Waals surface area contributed by atoms with Crippen LogP contribution in [0.25, 0.3) is 0 Å². The molecule has 1 aromatic carbocycles. The monoisotopic (exact) mass is 382 g/mol. The van der Waals surface area contributed by atoms with Gasteiger partial charge in [0.1, 0.15) is 0 Å². The third-order valence-corrected chi connectivity index (χ3v) is 5.62. The lowest BCUT2D eigenvalue weighted by molar-refractivity contribution is -0.388. The maximum atomic E-state index is 12.3. The molecule has 0 saturated carbocycles. The lowest BCUT2D eigenvalue weighted by Gasteiger charge is -2.15. The minimum Gasteiger partial charge on any atom is -0.258 e. The summed E-state index contributed by atoms with van der Waals surface area (Å²) in [4.78, 5) is 10.2. The first-order valence-electron chi connectivity index (χ1n) is 5.37. The summed E-state index contributed by atoms with van der Waals surface area (Å²) in [6.45, 7) is 0.871. The fourth-order valence-corrected chi connectivity index (χ4v) is 4.52. The lowest BCUT2D eigenvalue weighted by atomic mass is 10.3. The molecule has 0 unspecified atom stereocenters. The smallest absolute Gasteiger partial charge is 0.258 e. The number of hydrogen-bond acceptors (Lipinski definition) is 4. The van der Waals surface area contributed by atoms with Crippen LogP contribution < -0.4 is 0 Å². The summed E-state index contributed by atoms with van der Waals surface area (Å²) in [6.07, 6.45) is 1.61. The van der Waals surface area contributed by atoms with Gasteiger partial charge in [-0.15, -0.1) is 0 Å². The molecule has 8 heteroatoms. The molecule has 0 aliphatic carbocycles. The summed E-state index contributed by atoms with van der Waals surface area (Å²) in [5, 5.41) is 11.0. The average Bonchev–Trinajstić information content (AvgIpc) is 2.82. The number of rotatable bonds is 3. The molecular weight excluding hydrogens is 371 g/mol. The molecule has 18 heavy (non-hydrogen) atoms. The fraction of sp³-hybridized carbons (Fsp3) is 0.400. The van der Waals surface area contributed by atoms with Crippen LogP contribution in [0.1, 0.15) is 12.8 Å². The second-order valence-electron chi connectivity index (χ2n) is 3.95. The molecule has 1 heterocycles. The van der Waals surface area contributed by atoms with Gasteiger partial charge in [0.25, 0.3) is 0 Å². The van der Waals surface area contributed by atoms with Gasteiger partial charge in [-0.3, -0.25) is 10.1 Å². The van der Waals surface area contributed by atoms with E-state index in [0.717, 1.165) is 12.8 Å². The van der Waals surface area contributed by atoms with E-state index >= 15 is 0 Å². The van der Waals surface area contributed by atoms with Gasteiger partial charge < -0.3 is 0 Å². The second-order valence-corrected chi connectivity index (χ2v) is 7.02. The largest absolute Gasteiger partial charge is 0.302 e. The maximum absolute atomic E-state index is 12.3. The third kappa shape index (κ3) is 2.36. The molecule has 0 bridgehead atoms. The van der Waals surface area contributed by atoms with Gasteiger partial charge in [-0.2, -0.15) is 4.31 Å². The molecule has 98 valence electrons. The molecule has 2 rings (SSSR count). The van der Waals surface area contributed by atoms with Crippen molar-refractivity contribution < 1.29 is 13.3 Å². The van der Waals surface area contributed by atoms with E-state index in [1.165, 1.54) is 22.5 Å². The molecule has 1 saturated heterocycles. The van der Waals surface area contributed by atoms with E-state index in [0.29, 0.717) is 16.7 Å². The van der Waals surface area contributed by atoms with Gasteiger partial charge in [-0.1, -0.05) is 6.07 Å². The molecule has 1 fully saturated rings. The van der Waals surface area contributed by atoms with E-state index in [9.17, 15) is 18.5 Å². The summed E-state index contributed by atoms with van der Waals surface area (Å²) in [6, 6.07) is 4.35. The number of nitro groups is 1. The van der Waals surface area contributed by atoms with Gasteiger partial charge in [0.2, 0.25) is 10.0 Å². The zero-order valence-corrected chi connectivity index (χ0v) is 12.3. The second kappa shape index (κ2) is 5.10. The number of nitro benzene ring substituents is 1. The minimum absolute atomic E-state index is 0.207. The summed E-state index contributed by atoms with van der Waals surface area (Å²) in [7, 11) is -3.75. The fourth-order valence-electron chi connectivity index (χ4n) is 1.95. The highest BCUT2D eigenvalue weighted by Crippen LogP contribution is 2.32. The van der Waals surface area contributed by atoms with Gasteiger partial charge in [0.05, 0.1) is 8.49 Å². The molecule has 0 aromatic heterocycles. The van der Waals surface area contributed by atoms with E-state index in [1.807, 2.05) is 0 Å². The maximum Gasteiger partial charge on any atom is 0.302 e. The van der Waals surface area contributed by atoms with Crippen molar-refractivity contribution in [2.45, 2.75) is 17.7 Å². The zero-order chi connectivity index (χ0) is 13.3. The van der Waals surface area contributed by atoms with Crippen molar-refractivity contribution in [3.05, 3.63) is 31.9 Å². The van der Waals surface area contributed by atoms with Crippen molar-refractivity contribution >= 4 is 38.3 Å². The van der Waals surface area contributed by atoms with Gasteiger partial charge in [-0.05, 0) is 47.6 Å². The molecule has 1 aromatic rings. The number of sulfonamides is 1. The summed E-state index contributed by atoms with van der Waals surface area (Å²) >= 11 is 1.78. The van der Waals surface area contributed by atoms with Crippen LogP contribution in [-0.2, 0) is 10.0 Å². The molecule has 0 radical (unpaired) electrons. The Morgan fingerprint density at radius 2 is 1.89 bits per heavy atom. The van der Waals surface area contributed by atoms with E-state index in [-0.39, 0.29) is 10.6 Å². The first-order valence-corrected chi connectivity index (χ1v) is 7.89. The Balaban J connectivity index is 2.57. The van der Waals surface area contributed by atoms with Crippen LogP contribution in [-0.4, -0.2) is 30.7 Å². The van der Waals surface area contributed by atoms with Crippen LogP contribution in [0.2, 0.25) is 0 Å². The molecule has 0 N–H and O–H groups in total. The molecule has 0 amide bonds. The number of nitrogens with zero attached hydrogens (tertiary/aromatic N) is 2. The number of hydrogen-bond donors (Lipinski definition) is 0. The molecule has 1 aliphatic rings. The Labute approximate surface area is 118 Å². The highest BCUT2D eigenvalue weighted by Gasteiger charge is 2.34. The molecular formula is C10H11IN2O4S. The summed E-state index contributed by atoms with van der Waals surface area (Å²) in [5.74, 6) is 0. The Hall–Kier alpha value is -0.740. The van der Waals surface area contributed by atoms with Gasteiger partial charge in [0, 0.05) is 13.1 Å². The number of halogens is 1. The van der Waals surface area contributed by atoms with Crippen molar-refractivity contribution in [1.82, 2.24) is 4.31 Å². The van der Waals surface area contributed by atoms with Crippen molar-refractivity contribution in [2.24, 2.45) is 0 Å². The predicted octanol–water partition coefficient (Wildman–Crippen LogP) is 1.98. The Bertz CT molecular complexity index is 582. The molecule has 0 spiro atoms. The number of para-hydroxylation sites is 1. The first-order chi connectivity index (χ1) is 8.44. The summed E-state index contributed by atoms with van der Waals surface area (Å²) in [5.41, 5.74) is -0.329. The van der Waals surface area contributed by atoms with Gasteiger partial charge in [-0.25, -0.2) is 8.42 Å². The average molecular weight is 382 g/mol. The standard InChI is InChI=1S/C10H11IN2O4S/c11-8-4-3-5-9(10(8)13(14)15)18(16,17)12-6-1-2-7-12/h3-5H,1-2,6-7H2. The highest BCUT2D eigenvalue weighted by molar-refractivity contribution is 14.1. The van der Waals surface area contributed by atoms with Crippen molar-refractivity contribution in [2.75, 3.05) is 13.1 Å². The highest BCUT2D eigenvalue weighted by atomic mass is 127. The topological polar surface area (TPSA) is 80.5 Å². The zero-order valence-electron chi connectivity index (χ0n) is 9.37. The van der Waals surface area contributed by atoms with Crippen molar-refractivity contribution in [1.29, 1.82) is 0 Å². The Morgan fingerprint density at radius 1 is 1.28 bits per heavy atom. The van der Waals surface area contributed by atoms with Crippen LogP contribution >= 0.6 is 22.6 Å². The van der Waals surface area contributed by atoms with Crippen LogP contribution in [0.15, 0.2) is 23.1 Å². The summed E-state index contributed by atoms with van der Waals surface area (Å²) < 4.78 is 26.3. The van der Waals surface area contributed by atoms with E-state index in [1.54, 1.807) is 22.6 Å². The van der Waals surface area contributed by atoms with Gasteiger partial charge >= 0.3 is 5.69 Å². The number of benzene rings is 1. The Morgan fingerprint density at radius 3 is 2.44 bits per heavy atom. The SMILES string of the molecule is O=[N+]([O-])c1c(I)cccc1S(=O)(=O)N1CCCC1.